The molecule has 2 aromatic heterocycles. The van der Waals surface area contributed by atoms with Crippen LogP contribution in [0.15, 0.2) is 29.1 Å². The summed E-state index contributed by atoms with van der Waals surface area (Å²) in [6, 6.07) is 3.53. The largest absolute Gasteiger partial charge is 0.459 e. The van der Waals surface area contributed by atoms with Gasteiger partial charge in [0.25, 0.3) is 5.91 Å². The maximum absolute atomic E-state index is 12.0. The summed E-state index contributed by atoms with van der Waals surface area (Å²) < 4.78 is 5.13. The number of aryl methyl sites for hydroxylation is 1. The number of fused-ring (bicyclic) bond motifs is 1. The molecule has 0 bridgehead atoms. The van der Waals surface area contributed by atoms with Crippen LogP contribution in [0.2, 0.25) is 0 Å². The van der Waals surface area contributed by atoms with Crippen LogP contribution in [-0.4, -0.2) is 35.0 Å². The molecule has 0 radical (unpaired) electrons. The molecule has 2 aromatic rings. The van der Waals surface area contributed by atoms with E-state index in [-0.39, 0.29) is 11.9 Å². The van der Waals surface area contributed by atoms with E-state index in [1.165, 1.54) is 17.5 Å². The number of hydrogen-bond donors (Lipinski definition) is 1. The monoisotopic (exact) mass is 298 g/mol. The molecular weight excluding hydrogens is 280 g/mol. The molecule has 1 fully saturated rings. The number of aromatic nitrogens is 2. The summed E-state index contributed by atoms with van der Waals surface area (Å²) in [5.74, 6) is 1.27. The first-order valence-electron chi connectivity index (χ1n) is 7.73. The Morgan fingerprint density at radius 3 is 3.18 bits per heavy atom. The van der Waals surface area contributed by atoms with Crippen molar-refractivity contribution in [2.75, 3.05) is 18.0 Å². The Bertz CT molecular complexity index is 683. The lowest BCUT2D eigenvalue weighted by molar-refractivity contribution is 0.0912. The van der Waals surface area contributed by atoms with E-state index in [1.807, 2.05) is 0 Å². The van der Waals surface area contributed by atoms with E-state index in [4.69, 9.17) is 4.42 Å². The second kappa shape index (κ2) is 5.44. The summed E-state index contributed by atoms with van der Waals surface area (Å²) in [6.07, 6.45) is 7.37. The molecule has 1 amide bonds. The standard InChI is InChI=1S/C16H18N4O2/c21-16(14-5-2-8-22-14)19-11-6-7-20(9-11)15-12-3-1-4-13(12)17-10-18-15/h2,5,8,10-11H,1,3-4,6-7,9H2,(H,19,21)/t11-/m0/s1. The van der Waals surface area contributed by atoms with Crippen LogP contribution in [-0.2, 0) is 12.8 Å². The molecular formula is C16H18N4O2. The summed E-state index contributed by atoms with van der Waals surface area (Å²) in [5.41, 5.74) is 2.48. The van der Waals surface area contributed by atoms with E-state index < -0.39 is 0 Å². The molecule has 3 heterocycles. The topological polar surface area (TPSA) is 71.3 Å². The number of nitrogens with one attached hydrogen (secondary N) is 1. The lowest BCUT2D eigenvalue weighted by Gasteiger charge is -2.20. The number of carbonyl (C=O) groups is 1. The molecule has 0 saturated carbocycles. The fourth-order valence-corrected chi connectivity index (χ4v) is 3.35. The van der Waals surface area contributed by atoms with Crippen molar-refractivity contribution in [2.45, 2.75) is 31.7 Å². The first-order valence-corrected chi connectivity index (χ1v) is 7.73. The van der Waals surface area contributed by atoms with Crippen molar-refractivity contribution < 1.29 is 9.21 Å². The minimum atomic E-state index is -0.148. The molecule has 1 saturated heterocycles. The zero-order valence-corrected chi connectivity index (χ0v) is 12.3. The molecule has 1 atom stereocenters. The Hall–Kier alpha value is -2.37. The summed E-state index contributed by atoms with van der Waals surface area (Å²) in [7, 11) is 0. The molecule has 6 nitrogen and oxygen atoms in total. The normalized spacial score (nSPS) is 20.2. The van der Waals surface area contributed by atoms with Gasteiger partial charge >= 0.3 is 0 Å². The van der Waals surface area contributed by atoms with Gasteiger partial charge in [-0.05, 0) is 37.8 Å². The van der Waals surface area contributed by atoms with E-state index in [2.05, 4.69) is 20.2 Å². The Morgan fingerprint density at radius 1 is 1.36 bits per heavy atom. The van der Waals surface area contributed by atoms with Crippen LogP contribution in [0.4, 0.5) is 5.82 Å². The van der Waals surface area contributed by atoms with Gasteiger partial charge in [0, 0.05) is 30.4 Å². The molecule has 1 N–H and O–H groups in total. The molecule has 0 aromatic carbocycles. The average molecular weight is 298 g/mol. The van der Waals surface area contributed by atoms with Crippen LogP contribution in [0.3, 0.4) is 0 Å². The van der Waals surface area contributed by atoms with Gasteiger partial charge in [-0.1, -0.05) is 0 Å². The van der Waals surface area contributed by atoms with Crippen LogP contribution in [0.25, 0.3) is 0 Å². The van der Waals surface area contributed by atoms with Gasteiger partial charge in [-0.25, -0.2) is 9.97 Å². The first kappa shape index (κ1) is 13.3. The van der Waals surface area contributed by atoms with Crippen LogP contribution >= 0.6 is 0 Å². The number of carbonyl (C=O) groups excluding carboxylic acids is 1. The fourth-order valence-electron chi connectivity index (χ4n) is 3.35. The Kier molecular flexibility index (Phi) is 3.29. The molecule has 4 rings (SSSR count). The molecule has 2 aliphatic rings. The fraction of sp³-hybridized carbons (Fsp3) is 0.438. The summed E-state index contributed by atoms with van der Waals surface area (Å²) in [5, 5.41) is 3.03. The van der Waals surface area contributed by atoms with Crippen LogP contribution < -0.4 is 10.2 Å². The van der Waals surface area contributed by atoms with Crippen molar-refractivity contribution in [3.63, 3.8) is 0 Å². The SMILES string of the molecule is O=C(N[C@H]1CCN(c2ncnc3c2CCC3)C1)c1ccco1. The van der Waals surface area contributed by atoms with E-state index >= 15 is 0 Å². The molecule has 1 aliphatic carbocycles. The van der Waals surface area contributed by atoms with Gasteiger partial charge in [0.1, 0.15) is 12.1 Å². The molecule has 22 heavy (non-hydrogen) atoms. The Labute approximate surface area is 128 Å². The van der Waals surface area contributed by atoms with E-state index in [0.29, 0.717) is 5.76 Å². The summed E-state index contributed by atoms with van der Waals surface area (Å²) in [6.45, 7) is 1.70. The predicted octanol–water partition coefficient (Wildman–Crippen LogP) is 1.57. The average Bonchev–Trinajstić information content (AvgIpc) is 3.27. The van der Waals surface area contributed by atoms with Crippen molar-refractivity contribution >= 4 is 11.7 Å². The third-order valence-electron chi connectivity index (χ3n) is 4.42. The van der Waals surface area contributed by atoms with E-state index in [9.17, 15) is 4.79 Å². The molecule has 6 heteroatoms. The number of amides is 1. The number of nitrogens with zero attached hydrogens (tertiary/aromatic N) is 3. The number of rotatable bonds is 3. The smallest absolute Gasteiger partial charge is 0.287 e. The minimum Gasteiger partial charge on any atom is -0.459 e. The van der Waals surface area contributed by atoms with Crippen molar-refractivity contribution in [1.82, 2.24) is 15.3 Å². The Balaban J connectivity index is 1.45. The van der Waals surface area contributed by atoms with Crippen LogP contribution in [0.1, 0.15) is 34.7 Å². The zero-order chi connectivity index (χ0) is 14.9. The first-order chi connectivity index (χ1) is 10.8. The highest BCUT2D eigenvalue weighted by Crippen LogP contribution is 2.29. The van der Waals surface area contributed by atoms with Crippen molar-refractivity contribution in [2.24, 2.45) is 0 Å². The second-order valence-corrected chi connectivity index (χ2v) is 5.86. The van der Waals surface area contributed by atoms with E-state index in [1.54, 1.807) is 18.5 Å². The van der Waals surface area contributed by atoms with Gasteiger partial charge < -0.3 is 14.6 Å². The van der Waals surface area contributed by atoms with Gasteiger partial charge in [-0.3, -0.25) is 4.79 Å². The second-order valence-electron chi connectivity index (χ2n) is 5.86. The van der Waals surface area contributed by atoms with Gasteiger partial charge in [0.2, 0.25) is 0 Å². The van der Waals surface area contributed by atoms with Gasteiger partial charge in [0.15, 0.2) is 5.76 Å². The van der Waals surface area contributed by atoms with Crippen molar-refractivity contribution in [3.05, 3.63) is 41.7 Å². The highest BCUT2D eigenvalue weighted by molar-refractivity contribution is 5.91. The molecule has 0 spiro atoms. The highest BCUT2D eigenvalue weighted by atomic mass is 16.3. The third-order valence-corrected chi connectivity index (χ3v) is 4.42. The maximum Gasteiger partial charge on any atom is 0.287 e. The lowest BCUT2D eigenvalue weighted by Crippen LogP contribution is -2.37. The highest BCUT2D eigenvalue weighted by Gasteiger charge is 2.29. The molecule has 114 valence electrons. The molecule has 0 unspecified atom stereocenters. The number of hydrogen-bond acceptors (Lipinski definition) is 5. The zero-order valence-electron chi connectivity index (χ0n) is 12.3. The summed E-state index contributed by atoms with van der Waals surface area (Å²) in [4.78, 5) is 23.2. The lowest BCUT2D eigenvalue weighted by atomic mass is 10.2. The number of anilines is 1. The third kappa shape index (κ3) is 2.34. The van der Waals surface area contributed by atoms with E-state index in [0.717, 1.165) is 44.6 Å². The number of furan rings is 1. The van der Waals surface area contributed by atoms with Gasteiger partial charge in [-0.2, -0.15) is 0 Å². The summed E-state index contributed by atoms with van der Waals surface area (Å²) >= 11 is 0. The van der Waals surface area contributed by atoms with Crippen LogP contribution in [0, 0.1) is 0 Å². The van der Waals surface area contributed by atoms with Gasteiger partial charge in [-0.15, -0.1) is 0 Å². The van der Waals surface area contributed by atoms with Crippen molar-refractivity contribution in [1.29, 1.82) is 0 Å². The van der Waals surface area contributed by atoms with Gasteiger partial charge in [0.05, 0.1) is 6.26 Å². The predicted molar refractivity (Wildman–Crippen MR) is 80.8 cm³/mol. The van der Waals surface area contributed by atoms with Crippen molar-refractivity contribution in [3.8, 4) is 0 Å². The maximum atomic E-state index is 12.0. The van der Waals surface area contributed by atoms with Crippen LogP contribution in [0.5, 0.6) is 0 Å². The molecule has 1 aliphatic heterocycles. The quantitative estimate of drug-likeness (QED) is 0.931. The minimum absolute atomic E-state index is 0.129. The Morgan fingerprint density at radius 2 is 2.32 bits per heavy atom.